The summed E-state index contributed by atoms with van der Waals surface area (Å²) in [5, 5.41) is 11.7. The second-order valence-electron chi connectivity index (χ2n) is 3.98. The number of aliphatic carboxylic acids is 1. The highest BCUT2D eigenvalue weighted by atomic mass is 16.4. The van der Waals surface area contributed by atoms with E-state index in [1.807, 2.05) is 6.92 Å². The van der Waals surface area contributed by atoms with E-state index in [0.29, 0.717) is 32.4 Å². The van der Waals surface area contributed by atoms with Crippen LogP contribution in [-0.4, -0.2) is 42.1 Å². The van der Waals surface area contributed by atoms with E-state index in [0.717, 1.165) is 0 Å². The lowest BCUT2D eigenvalue weighted by Gasteiger charge is -2.38. The fraction of sp³-hybridized carbons (Fsp3) is 0.800. The van der Waals surface area contributed by atoms with Crippen molar-refractivity contribution in [1.29, 1.82) is 0 Å². The molecule has 0 atom stereocenters. The number of amides is 2. The van der Waals surface area contributed by atoms with Crippen LogP contribution in [0.25, 0.3) is 0 Å². The van der Waals surface area contributed by atoms with E-state index in [1.54, 1.807) is 11.9 Å². The van der Waals surface area contributed by atoms with Crippen molar-refractivity contribution in [3.05, 3.63) is 0 Å². The smallest absolute Gasteiger partial charge is 0.317 e. The Morgan fingerprint density at radius 1 is 1.40 bits per heavy atom. The summed E-state index contributed by atoms with van der Waals surface area (Å²) in [6.45, 7) is 2.95. The topological polar surface area (TPSA) is 69.6 Å². The van der Waals surface area contributed by atoms with Gasteiger partial charge in [0.15, 0.2) is 0 Å². The number of nitrogens with one attached hydrogen (secondary N) is 1. The number of carboxylic acids is 1. The number of rotatable bonds is 2. The van der Waals surface area contributed by atoms with Gasteiger partial charge in [0.25, 0.3) is 0 Å². The highest BCUT2D eigenvalue weighted by molar-refractivity contribution is 5.77. The standard InChI is InChI=1S/C10H18N2O3/c1-3-10(8(13)14)4-6-12(7-5-10)9(15)11-2/h3-7H2,1-2H3,(H,11,15)(H,13,14). The summed E-state index contributed by atoms with van der Waals surface area (Å²) >= 11 is 0. The zero-order chi connectivity index (χ0) is 11.5. The van der Waals surface area contributed by atoms with Gasteiger partial charge in [-0.05, 0) is 19.3 Å². The highest BCUT2D eigenvalue weighted by Gasteiger charge is 2.40. The van der Waals surface area contributed by atoms with Crippen molar-refractivity contribution in [1.82, 2.24) is 10.2 Å². The van der Waals surface area contributed by atoms with Gasteiger partial charge in [0.05, 0.1) is 5.41 Å². The number of nitrogens with zero attached hydrogens (tertiary/aromatic N) is 1. The molecule has 1 aliphatic rings. The molecular formula is C10H18N2O3. The number of likely N-dealkylation sites (tertiary alicyclic amines) is 1. The van der Waals surface area contributed by atoms with Crippen molar-refractivity contribution >= 4 is 12.0 Å². The van der Waals surface area contributed by atoms with Gasteiger partial charge in [-0.25, -0.2) is 4.79 Å². The molecule has 0 unspecified atom stereocenters. The summed E-state index contributed by atoms with van der Waals surface area (Å²) in [7, 11) is 1.58. The molecule has 1 aliphatic heterocycles. The average Bonchev–Trinajstić information content (AvgIpc) is 2.28. The van der Waals surface area contributed by atoms with Crippen LogP contribution in [-0.2, 0) is 4.79 Å². The van der Waals surface area contributed by atoms with Gasteiger partial charge in [0, 0.05) is 20.1 Å². The summed E-state index contributed by atoms with van der Waals surface area (Å²) in [5.41, 5.74) is -0.621. The molecule has 2 N–H and O–H groups in total. The molecule has 0 saturated carbocycles. The molecule has 0 radical (unpaired) electrons. The number of piperidine rings is 1. The van der Waals surface area contributed by atoms with Gasteiger partial charge in [-0.15, -0.1) is 0 Å². The van der Waals surface area contributed by atoms with Crippen molar-refractivity contribution in [2.75, 3.05) is 20.1 Å². The molecule has 1 fully saturated rings. The minimum atomic E-state index is -0.735. The molecule has 0 aromatic rings. The van der Waals surface area contributed by atoms with E-state index in [4.69, 9.17) is 5.11 Å². The lowest BCUT2D eigenvalue weighted by Crippen LogP contribution is -2.48. The van der Waals surface area contributed by atoms with E-state index < -0.39 is 11.4 Å². The van der Waals surface area contributed by atoms with Crippen molar-refractivity contribution in [3.8, 4) is 0 Å². The monoisotopic (exact) mass is 214 g/mol. The number of hydrogen-bond donors (Lipinski definition) is 2. The number of hydrogen-bond acceptors (Lipinski definition) is 2. The molecular weight excluding hydrogens is 196 g/mol. The molecule has 15 heavy (non-hydrogen) atoms. The van der Waals surface area contributed by atoms with Gasteiger partial charge in [0.1, 0.15) is 0 Å². The first-order valence-electron chi connectivity index (χ1n) is 5.26. The summed E-state index contributed by atoms with van der Waals surface area (Å²) in [4.78, 5) is 24.1. The molecule has 2 amide bonds. The Hall–Kier alpha value is -1.26. The summed E-state index contributed by atoms with van der Waals surface area (Å²) < 4.78 is 0. The van der Waals surface area contributed by atoms with E-state index in [1.165, 1.54) is 0 Å². The molecule has 0 aliphatic carbocycles. The number of carbonyl (C=O) groups is 2. The maximum atomic E-state index is 11.3. The van der Waals surface area contributed by atoms with E-state index in [2.05, 4.69) is 5.32 Å². The van der Waals surface area contributed by atoms with Gasteiger partial charge in [-0.1, -0.05) is 6.92 Å². The molecule has 5 heteroatoms. The number of carbonyl (C=O) groups excluding carboxylic acids is 1. The molecule has 1 heterocycles. The third kappa shape index (κ3) is 2.22. The van der Waals surface area contributed by atoms with E-state index >= 15 is 0 Å². The van der Waals surface area contributed by atoms with Crippen LogP contribution in [0.4, 0.5) is 4.79 Å². The largest absolute Gasteiger partial charge is 0.481 e. The number of carboxylic acid groups (broad SMARTS) is 1. The summed E-state index contributed by atoms with van der Waals surface area (Å²) in [6, 6.07) is -0.120. The predicted octanol–water partition coefficient (Wildman–Crippen LogP) is 0.903. The SMILES string of the molecule is CCC1(C(=O)O)CCN(C(=O)NC)CC1. The maximum Gasteiger partial charge on any atom is 0.317 e. The second-order valence-corrected chi connectivity index (χ2v) is 3.98. The maximum absolute atomic E-state index is 11.3. The Bertz CT molecular complexity index is 257. The molecule has 0 aromatic carbocycles. The Morgan fingerprint density at radius 3 is 2.27 bits per heavy atom. The number of urea groups is 1. The Labute approximate surface area is 89.4 Å². The molecule has 86 valence electrons. The zero-order valence-corrected chi connectivity index (χ0v) is 9.25. The van der Waals surface area contributed by atoms with Gasteiger partial charge in [0.2, 0.25) is 0 Å². The van der Waals surface area contributed by atoms with Crippen LogP contribution in [0.2, 0.25) is 0 Å². The van der Waals surface area contributed by atoms with Crippen LogP contribution in [0.15, 0.2) is 0 Å². The fourth-order valence-electron chi connectivity index (χ4n) is 2.01. The van der Waals surface area contributed by atoms with Crippen molar-refractivity contribution in [2.45, 2.75) is 26.2 Å². The Morgan fingerprint density at radius 2 is 1.93 bits per heavy atom. The molecule has 5 nitrogen and oxygen atoms in total. The first kappa shape index (κ1) is 11.8. The van der Waals surface area contributed by atoms with Crippen molar-refractivity contribution < 1.29 is 14.7 Å². The quantitative estimate of drug-likeness (QED) is 0.717. The van der Waals surface area contributed by atoms with E-state index in [-0.39, 0.29) is 6.03 Å². The van der Waals surface area contributed by atoms with Gasteiger partial charge in [-0.3, -0.25) is 4.79 Å². The van der Waals surface area contributed by atoms with Gasteiger partial charge in [-0.2, -0.15) is 0 Å². The minimum absolute atomic E-state index is 0.120. The third-order valence-corrected chi connectivity index (χ3v) is 3.35. The van der Waals surface area contributed by atoms with Crippen LogP contribution in [0.3, 0.4) is 0 Å². The molecule has 1 rings (SSSR count). The average molecular weight is 214 g/mol. The van der Waals surface area contributed by atoms with Crippen LogP contribution in [0.1, 0.15) is 26.2 Å². The van der Waals surface area contributed by atoms with Crippen LogP contribution in [0, 0.1) is 5.41 Å². The highest BCUT2D eigenvalue weighted by Crippen LogP contribution is 2.34. The van der Waals surface area contributed by atoms with Crippen molar-refractivity contribution in [3.63, 3.8) is 0 Å². The lowest BCUT2D eigenvalue weighted by atomic mass is 9.76. The summed E-state index contributed by atoms with van der Waals surface area (Å²) in [6.07, 6.45) is 1.72. The molecule has 1 saturated heterocycles. The van der Waals surface area contributed by atoms with Crippen LogP contribution < -0.4 is 5.32 Å². The molecule has 0 spiro atoms. The normalized spacial score (nSPS) is 19.7. The van der Waals surface area contributed by atoms with Crippen molar-refractivity contribution in [2.24, 2.45) is 5.41 Å². The lowest BCUT2D eigenvalue weighted by molar-refractivity contribution is -0.151. The summed E-state index contributed by atoms with van der Waals surface area (Å²) in [5.74, 6) is -0.735. The molecule has 0 bridgehead atoms. The second kappa shape index (κ2) is 4.51. The Kier molecular flexibility index (Phi) is 3.55. The minimum Gasteiger partial charge on any atom is -0.481 e. The first-order chi connectivity index (χ1) is 7.05. The Balaban J connectivity index is 2.61. The third-order valence-electron chi connectivity index (χ3n) is 3.35. The predicted molar refractivity (Wildman–Crippen MR) is 55.6 cm³/mol. The van der Waals surface area contributed by atoms with E-state index in [9.17, 15) is 9.59 Å². The van der Waals surface area contributed by atoms with Crippen LogP contribution >= 0.6 is 0 Å². The van der Waals surface area contributed by atoms with Gasteiger partial charge < -0.3 is 15.3 Å². The van der Waals surface area contributed by atoms with Gasteiger partial charge >= 0.3 is 12.0 Å². The first-order valence-corrected chi connectivity index (χ1v) is 5.26. The molecule has 0 aromatic heterocycles. The fourth-order valence-corrected chi connectivity index (χ4v) is 2.01. The van der Waals surface area contributed by atoms with Crippen LogP contribution in [0.5, 0.6) is 0 Å². The zero-order valence-electron chi connectivity index (χ0n) is 9.25.